The number of amides is 1. The van der Waals surface area contributed by atoms with Crippen LogP contribution < -0.4 is 4.90 Å². The van der Waals surface area contributed by atoms with Crippen LogP contribution in [0.25, 0.3) is 0 Å². The molecule has 5 heteroatoms. The van der Waals surface area contributed by atoms with Crippen LogP contribution in [-0.4, -0.2) is 13.0 Å². The van der Waals surface area contributed by atoms with Crippen LogP contribution in [0, 0.1) is 17.1 Å². The van der Waals surface area contributed by atoms with Gasteiger partial charge in [-0.3, -0.25) is 4.79 Å². The summed E-state index contributed by atoms with van der Waals surface area (Å²) < 4.78 is 13.4. The van der Waals surface area contributed by atoms with E-state index in [1.807, 2.05) is 6.07 Å². The topological polar surface area (TPSA) is 44.1 Å². The Hall–Kier alpha value is -2.19. The van der Waals surface area contributed by atoms with E-state index in [0.29, 0.717) is 21.3 Å². The fraction of sp³-hybridized carbons (Fsp3) is 0.0667. The van der Waals surface area contributed by atoms with Gasteiger partial charge >= 0.3 is 0 Å². The van der Waals surface area contributed by atoms with Crippen LogP contribution in [0.1, 0.15) is 15.9 Å². The lowest BCUT2D eigenvalue weighted by Crippen LogP contribution is -2.27. The van der Waals surface area contributed by atoms with E-state index in [1.54, 1.807) is 31.3 Å². The van der Waals surface area contributed by atoms with Crippen molar-refractivity contribution in [1.29, 1.82) is 5.26 Å². The molecule has 0 aliphatic carbocycles. The standard InChI is InChI=1S/C15H10BrFN2O/c1-19(14-5-3-2-4-10(14)9-18)15(20)12-7-6-11(17)8-13(12)16/h2-8H,1H3. The Morgan fingerprint density at radius 3 is 2.65 bits per heavy atom. The molecule has 0 atom stereocenters. The van der Waals surface area contributed by atoms with E-state index in [-0.39, 0.29) is 5.91 Å². The van der Waals surface area contributed by atoms with E-state index in [4.69, 9.17) is 5.26 Å². The summed E-state index contributed by atoms with van der Waals surface area (Å²) in [5.74, 6) is -0.743. The van der Waals surface area contributed by atoms with Crippen molar-refractivity contribution >= 4 is 27.5 Å². The Bertz CT molecular complexity index is 709. The first-order chi connectivity index (χ1) is 9.54. The predicted octanol–water partition coefficient (Wildman–Crippen LogP) is 3.74. The lowest BCUT2D eigenvalue weighted by molar-refractivity contribution is 0.0992. The van der Waals surface area contributed by atoms with Crippen molar-refractivity contribution in [2.45, 2.75) is 0 Å². The van der Waals surface area contributed by atoms with Crippen LogP contribution in [0.15, 0.2) is 46.9 Å². The zero-order chi connectivity index (χ0) is 14.7. The molecule has 2 aromatic rings. The minimum absolute atomic E-state index is 0.320. The Balaban J connectivity index is 2.41. The van der Waals surface area contributed by atoms with E-state index in [2.05, 4.69) is 15.9 Å². The number of para-hydroxylation sites is 1. The lowest BCUT2D eigenvalue weighted by atomic mass is 10.1. The molecule has 0 aromatic heterocycles. The first-order valence-corrected chi connectivity index (χ1v) is 6.56. The second-order valence-electron chi connectivity index (χ2n) is 4.12. The van der Waals surface area contributed by atoms with Gasteiger partial charge in [0.05, 0.1) is 16.8 Å². The van der Waals surface area contributed by atoms with E-state index in [0.717, 1.165) is 0 Å². The van der Waals surface area contributed by atoms with E-state index in [9.17, 15) is 9.18 Å². The average Bonchev–Trinajstić information content (AvgIpc) is 2.45. The number of benzene rings is 2. The molecule has 1 amide bonds. The fourth-order valence-electron chi connectivity index (χ4n) is 1.81. The van der Waals surface area contributed by atoms with Crippen molar-refractivity contribution in [2.24, 2.45) is 0 Å². The van der Waals surface area contributed by atoms with Crippen LogP contribution in [0.4, 0.5) is 10.1 Å². The van der Waals surface area contributed by atoms with Gasteiger partial charge in [-0.05, 0) is 46.3 Å². The summed E-state index contributed by atoms with van der Waals surface area (Å²) in [4.78, 5) is 13.8. The minimum Gasteiger partial charge on any atom is -0.310 e. The number of carbonyl (C=O) groups is 1. The molecule has 0 N–H and O–H groups in total. The molecule has 0 unspecified atom stereocenters. The molecule has 0 bridgehead atoms. The quantitative estimate of drug-likeness (QED) is 0.840. The highest BCUT2D eigenvalue weighted by Crippen LogP contribution is 2.24. The molecule has 2 aromatic carbocycles. The third-order valence-electron chi connectivity index (χ3n) is 2.85. The molecule has 100 valence electrons. The Labute approximate surface area is 124 Å². The third-order valence-corrected chi connectivity index (χ3v) is 3.51. The zero-order valence-corrected chi connectivity index (χ0v) is 12.2. The van der Waals surface area contributed by atoms with Gasteiger partial charge in [0.15, 0.2) is 0 Å². The summed E-state index contributed by atoms with van der Waals surface area (Å²) in [5, 5.41) is 9.06. The highest BCUT2D eigenvalue weighted by molar-refractivity contribution is 9.10. The normalized spacial score (nSPS) is 9.90. The minimum atomic E-state index is -0.423. The SMILES string of the molecule is CN(C(=O)c1ccc(F)cc1Br)c1ccccc1C#N. The number of anilines is 1. The van der Waals surface area contributed by atoms with Gasteiger partial charge in [-0.1, -0.05) is 12.1 Å². The first-order valence-electron chi connectivity index (χ1n) is 5.77. The number of rotatable bonds is 2. The van der Waals surface area contributed by atoms with Crippen molar-refractivity contribution in [3.05, 3.63) is 63.9 Å². The smallest absolute Gasteiger partial charge is 0.259 e. The van der Waals surface area contributed by atoms with Gasteiger partial charge in [-0.2, -0.15) is 5.26 Å². The lowest BCUT2D eigenvalue weighted by Gasteiger charge is -2.19. The fourth-order valence-corrected chi connectivity index (χ4v) is 2.33. The number of hydrogen-bond donors (Lipinski definition) is 0. The molecule has 0 radical (unpaired) electrons. The number of hydrogen-bond acceptors (Lipinski definition) is 2. The van der Waals surface area contributed by atoms with Gasteiger partial charge in [0, 0.05) is 11.5 Å². The van der Waals surface area contributed by atoms with Gasteiger partial charge in [0.25, 0.3) is 5.91 Å². The number of halogens is 2. The van der Waals surface area contributed by atoms with Crippen LogP contribution >= 0.6 is 15.9 Å². The molecule has 0 saturated heterocycles. The van der Waals surface area contributed by atoms with Crippen molar-refractivity contribution in [1.82, 2.24) is 0 Å². The van der Waals surface area contributed by atoms with Crippen molar-refractivity contribution < 1.29 is 9.18 Å². The highest BCUT2D eigenvalue weighted by atomic mass is 79.9. The average molecular weight is 333 g/mol. The van der Waals surface area contributed by atoms with Crippen molar-refractivity contribution in [3.8, 4) is 6.07 Å². The highest BCUT2D eigenvalue weighted by Gasteiger charge is 2.18. The summed E-state index contributed by atoms with van der Waals surface area (Å²) in [6.45, 7) is 0. The number of nitriles is 1. The van der Waals surface area contributed by atoms with Gasteiger partial charge in [0.1, 0.15) is 11.9 Å². The largest absolute Gasteiger partial charge is 0.310 e. The van der Waals surface area contributed by atoms with E-state index >= 15 is 0 Å². The molecule has 0 heterocycles. The monoisotopic (exact) mass is 332 g/mol. The van der Waals surface area contributed by atoms with Crippen LogP contribution in [-0.2, 0) is 0 Å². The molecule has 0 fully saturated rings. The molecule has 20 heavy (non-hydrogen) atoms. The summed E-state index contributed by atoms with van der Waals surface area (Å²) in [6.07, 6.45) is 0. The maximum atomic E-state index is 13.1. The zero-order valence-electron chi connectivity index (χ0n) is 10.6. The Morgan fingerprint density at radius 2 is 2.00 bits per heavy atom. The Morgan fingerprint density at radius 1 is 1.30 bits per heavy atom. The molecule has 3 nitrogen and oxygen atoms in total. The Kier molecular flexibility index (Phi) is 4.16. The predicted molar refractivity (Wildman–Crippen MR) is 78.0 cm³/mol. The molecular formula is C15H10BrFN2O. The van der Waals surface area contributed by atoms with Gasteiger partial charge in [-0.25, -0.2) is 4.39 Å². The summed E-state index contributed by atoms with van der Waals surface area (Å²) in [7, 11) is 1.58. The molecular weight excluding hydrogens is 323 g/mol. The van der Waals surface area contributed by atoms with Gasteiger partial charge in [-0.15, -0.1) is 0 Å². The van der Waals surface area contributed by atoms with Crippen molar-refractivity contribution in [2.75, 3.05) is 11.9 Å². The molecule has 0 spiro atoms. The second-order valence-corrected chi connectivity index (χ2v) is 4.97. The van der Waals surface area contributed by atoms with E-state index in [1.165, 1.54) is 23.1 Å². The number of nitrogens with zero attached hydrogens (tertiary/aromatic N) is 2. The van der Waals surface area contributed by atoms with Crippen LogP contribution in [0.5, 0.6) is 0 Å². The van der Waals surface area contributed by atoms with Crippen LogP contribution in [0.3, 0.4) is 0 Å². The number of carbonyl (C=O) groups excluding carboxylic acids is 1. The van der Waals surface area contributed by atoms with Crippen molar-refractivity contribution in [3.63, 3.8) is 0 Å². The molecule has 0 saturated carbocycles. The summed E-state index contributed by atoms with van der Waals surface area (Å²) in [6, 6.07) is 12.7. The maximum absolute atomic E-state index is 13.1. The van der Waals surface area contributed by atoms with Crippen LogP contribution in [0.2, 0.25) is 0 Å². The molecule has 0 aliphatic heterocycles. The third kappa shape index (κ3) is 2.70. The van der Waals surface area contributed by atoms with Gasteiger partial charge < -0.3 is 4.90 Å². The summed E-state index contributed by atoms with van der Waals surface area (Å²) in [5.41, 5.74) is 1.25. The summed E-state index contributed by atoms with van der Waals surface area (Å²) >= 11 is 3.17. The maximum Gasteiger partial charge on any atom is 0.259 e. The van der Waals surface area contributed by atoms with Gasteiger partial charge in [0.2, 0.25) is 0 Å². The van der Waals surface area contributed by atoms with E-state index < -0.39 is 5.82 Å². The molecule has 2 rings (SSSR count). The first kappa shape index (κ1) is 14.2. The second kappa shape index (κ2) is 5.85. The molecule has 0 aliphatic rings.